The number of benzene rings is 1. The quantitative estimate of drug-likeness (QED) is 0.787. The lowest BCUT2D eigenvalue weighted by Crippen LogP contribution is -2.10. The molecule has 1 aromatic heterocycles. The van der Waals surface area contributed by atoms with E-state index in [-0.39, 0.29) is 11.2 Å². The summed E-state index contributed by atoms with van der Waals surface area (Å²) in [6, 6.07) is 4.60. The molecule has 2 aromatic rings. The second kappa shape index (κ2) is 5.52. The Morgan fingerprint density at radius 1 is 1.20 bits per heavy atom. The highest BCUT2D eigenvalue weighted by atomic mass is 35.7. The van der Waals surface area contributed by atoms with Crippen LogP contribution in [0.2, 0.25) is 10.0 Å². The highest BCUT2D eigenvalue weighted by Gasteiger charge is 2.25. The van der Waals surface area contributed by atoms with Gasteiger partial charge in [-0.3, -0.25) is 4.57 Å². The lowest BCUT2D eigenvalue weighted by Gasteiger charge is -2.13. The van der Waals surface area contributed by atoms with Crippen LogP contribution in [0.3, 0.4) is 0 Å². The third kappa shape index (κ3) is 2.93. The molecular weight excluding hydrogens is 345 g/mol. The number of hydrogen-bond donors (Lipinski definition) is 0. The number of aromatic nitrogens is 3. The maximum Gasteiger partial charge on any atom is 0.296 e. The molecule has 0 aliphatic rings. The van der Waals surface area contributed by atoms with Crippen LogP contribution in [0.5, 0.6) is 0 Å². The molecule has 0 fully saturated rings. The van der Waals surface area contributed by atoms with E-state index in [1.807, 2.05) is 0 Å². The van der Waals surface area contributed by atoms with E-state index in [2.05, 4.69) is 10.2 Å². The molecule has 108 valence electrons. The molecule has 2 rings (SSSR count). The SMILES string of the molecule is CC(C)n1c(-c2cc(Cl)ccc2Cl)nnc1S(=O)(=O)Cl. The van der Waals surface area contributed by atoms with Gasteiger partial charge in [0.15, 0.2) is 5.82 Å². The molecule has 1 aromatic carbocycles. The molecule has 5 nitrogen and oxygen atoms in total. The minimum absolute atomic E-state index is 0.224. The number of halogens is 3. The van der Waals surface area contributed by atoms with Crippen LogP contribution in [-0.2, 0) is 9.05 Å². The van der Waals surface area contributed by atoms with Gasteiger partial charge >= 0.3 is 0 Å². The van der Waals surface area contributed by atoms with Crippen molar-refractivity contribution >= 4 is 42.9 Å². The predicted molar refractivity (Wildman–Crippen MR) is 78.9 cm³/mol. The van der Waals surface area contributed by atoms with E-state index in [4.69, 9.17) is 33.9 Å². The van der Waals surface area contributed by atoms with Gasteiger partial charge in [0.25, 0.3) is 14.2 Å². The fourth-order valence-corrected chi connectivity index (χ4v) is 3.12. The van der Waals surface area contributed by atoms with Gasteiger partial charge in [-0.15, -0.1) is 10.2 Å². The Bertz CT molecular complexity index is 756. The van der Waals surface area contributed by atoms with Gasteiger partial charge < -0.3 is 0 Å². The van der Waals surface area contributed by atoms with Crippen molar-refractivity contribution in [1.82, 2.24) is 14.8 Å². The van der Waals surface area contributed by atoms with Crippen molar-refractivity contribution in [1.29, 1.82) is 0 Å². The Hall–Kier alpha value is -0.820. The van der Waals surface area contributed by atoms with Gasteiger partial charge in [0.1, 0.15) is 0 Å². The zero-order chi connectivity index (χ0) is 15.1. The predicted octanol–water partition coefficient (Wildman–Crippen LogP) is 3.76. The molecule has 0 aliphatic heterocycles. The highest BCUT2D eigenvalue weighted by Crippen LogP contribution is 2.32. The average molecular weight is 355 g/mol. The molecule has 0 saturated heterocycles. The number of hydrogen-bond acceptors (Lipinski definition) is 4. The summed E-state index contributed by atoms with van der Waals surface area (Å²) in [7, 11) is 1.37. The van der Waals surface area contributed by atoms with Crippen LogP contribution in [0.15, 0.2) is 23.4 Å². The summed E-state index contributed by atoms with van der Waals surface area (Å²) >= 11 is 12.0. The molecule has 0 amide bonds. The maximum atomic E-state index is 11.5. The second-order valence-corrected chi connectivity index (χ2v) is 7.64. The zero-order valence-corrected chi connectivity index (χ0v) is 13.6. The second-order valence-electron chi connectivity index (χ2n) is 4.33. The van der Waals surface area contributed by atoms with Gasteiger partial charge in [0, 0.05) is 27.3 Å². The van der Waals surface area contributed by atoms with Crippen molar-refractivity contribution in [2.24, 2.45) is 0 Å². The molecule has 0 radical (unpaired) electrons. The summed E-state index contributed by atoms with van der Waals surface area (Å²) in [5, 5.41) is 8.06. The summed E-state index contributed by atoms with van der Waals surface area (Å²) in [5.41, 5.74) is 0.493. The van der Waals surface area contributed by atoms with Crippen molar-refractivity contribution in [3.8, 4) is 11.4 Å². The van der Waals surface area contributed by atoms with Crippen LogP contribution in [0.25, 0.3) is 11.4 Å². The number of nitrogens with zero attached hydrogens (tertiary/aromatic N) is 3. The first-order valence-electron chi connectivity index (χ1n) is 5.57. The average Bonchev–Trinajstić information content (AvgIpc) is 2.76. The fourth-order valence-electron chi connectivity index (χ4n) is 1.76. The van der Waals surface area contributed by atoms with Crippen LogP contribution >= 0.6 is 33.9 Å². The van der Waals surface area contributed by atoms with Gasteiger partial charge in [0.2, 0.25) is 0 Å². The van der Waals surface area contributed by atoms with Crippen molar-refractivity contribution in [3.05, 3.63) is 28.2 Å². The van der Waals surface area contributed by atoms with Crippen molar-refractivity contribution in [2.45, 2.75) is 25.0 Å². The van der Waals surface area contributed by atoms with E-state index >= 15 is 0 Å². The van der Waals surface area contributed by atoms with Crippen molar-refractivity contribution in [3.63, 3.8) is 0 Å². The van der Waals surface area contributed by atoms with E-state index in [9.17, 15) is 8.42 Å². The first-order chi connectivity index (χ1) is 9.21. The van der Waals surface area contributed by atoms with E-state index in [1.54, 1.807) is 32.0 Å². The fraction of sp³-hybridized carbons (Fsp3) is 0.273. The molecule has 20 heavy (non-hydrogen) atoms. The van der Waals surface area contributed by atoms with Crippen LogP contribution in [0.1, 0.15) is 19.9 Å². The molecule has 0 spiro atoms. The minimum atomic E-state index is -4.00. The Labute approximate surface area is 130 Å². The van der Waals surface area contributed by atoms with Crippen LogP contribution in [0.4, 0.5) is 0 Å². The Balaban J connectivity index is 2.76. The molecule has 1 heterocycles. The molecule has 0 saturated carbocycles. The van der Waals surface area contributed by atoms with E-state index in [0.717, 1.165) is 0 Å². The first-order valence-corrected chi connectivity index (χ1v) is 8.63. The van der Waals surface area contributed by atoms with Gasteiger partial charge in [-0.1, -0.05) is 23.2 Å². The van der Waals surface area contributed by atoms with Crippen molar-refractivity contribution < 1.29 is 8.42 Å². The third-order valence-electron chi connectivity index (χ3n) is 2.57. The molecule has 0 atom stereocenters. The third-order valence-corrected chi connectivity index (χ3v) is 4.26. The molecule has 9 heteroatoms. The van der Waals surface area contributed by atoms with Gasteiger partial charge in [0.05, 0.1) is 5.02 Å². The van der Waals surface area contributed by atoms with Crippen LogP contribution < -0.4 is 0 Å². The summed E-state index contributed by atoms with van der Waals surface area (Å²) in [6.45, 7) is 3.58. The Morgan fingerprint density at radius 3 is 2.40 bits per heavy atom. The zero-order valence-electron chi connectivity index (χ0n) is 10.5. The summed E-state index contributed by atoms with van der Waals surface area (Å²) in [4.78, 5) is 0. The monoisotopic (exact) mass is 353 g/mol. The largest absolute Gasteiger partial charge is 0.296 e. The molecule has 0 unspecified atom stereocenters. The normalized spacial score (nSPS) is 12.1. The molecule has 0 bridgehead atoms. The Morgan fingerprint density at radius 2 is 1.85 bits per heavy atom. The van der Waals surface area contributed by atoms with Crippen molar-refractivity contribution in [2.75, 3.05) is 0 Å². The van der Waals surface area contributed by atoms with E-state index in [1.165, 1.54) is 4.57 Å². The summed E-state index contributed by atoms with van der Waals surface area (Å²) in [6.07, 6.45) is 0. The lowest BCUT2D eigenvalue weighted by molar-refractivity contribution is 0.530. The highest BCUT2D eigenvalue weighted by molar-refractivity contribution is 8.13. The minimum Gasteiger partial charge on any atom is -0.294 e. The maximum absolute atomic E-state index is 11.5. The van der Waals surface area contributed by atoms with Gasteiger partial charge in [-0.05, 0) is 32.0 Å². The van der Waals surface area contributed by atoms with Gasteiger partial charge in [-0.2, -0.15) is 0 Å². The van der Waals surface area contributed by atoms with E-state index < -0.39 is 9.05 Å². The molecular formula is C11H10Cl3N3O2S. The summed E-state index contributed by atoms with van der Waals surface area (Å²) < 4.78 is 24.5. The molecule has 0 aliphatic carbocycles. The Kier molecular flexibility index (Phi) is 4.30. The molecule has 0 N–H and O–H groups in total. The van der Waals surface area contributed by atoms with Crippen LogP contribution in [0, 0.1) is 0 Å². The smallest absolute Gasteiger partial charge is 0.294 e. The first kappa shape index (κ1) is 15.6. The van der Waals surface area contributed by atoms with Gasteiger partial charge in [-0.25, -0.2) is 8.42 Å². The topological polar surface area (TPSA) is 64.8 Å². The standard InChI is InChI=1S/C11H10Cl3N3O2S/c1-6(2)17-10(15-16-11(17)20(14,18)19)8-5-7(12)3-4-9(8)13/h3-6H,1-2H3. The van der Waals surface area contributed by atoms with E-state index in [0.29, 0.717) is 21.4 Å². The number of rotatable bonds is 3. The van der Waals surface area contributed by atoms with Crippen LogP contribution in [-0.4, -0.2) is 23.2 Å². The summed E-state index contributed by atoms with van der Waals surface area (Å²) in [5.74, 6) is 0.298. The lowest BCUT2D eigenvalue weighted by atomic mass is 10.2.